The lowest BCUT2D eigenvalue weighted by molar-refractivity contribution is -0.139. The van der Waals surface area contributed by atoms with Crippen LogP contribution in [0.1, 0.15) is 36.6 Å². The Balaban J connectivity index is 1.37. The number of rotatable bonds is 7. The molecule has 5 aromatic rings. The molecule has 0 N–H and O–H groups in total. The number of carbonyl (C=O) groups excluding carboxylic acids is 1. The second-order valence-corrected chi connectivity index (χ2v) is 11.2. The Labute approximate surface area is 251 Å². The van der Waals surface area contributed by atoms with Gasteiger partial charge in [0.2, 0.25) is 0 Å². The summed E-state index contributed by atoms with van der Waals surface area (Å²) in [6.45, 7) is 4.12. The minimum Gasteiger partial charge on any atom is -0.489 e. The summed E-state index contributed by atoms with van der Waals surface area (Å²) in [5.74, 6) is 0.174. The molecule has 1 aliphatic heterocycles. The minimum absolute atomic E-state index is 0.203. The molecular formula is C34H27ClN2O4S. The SMILES string of the molecule is CCOC(=O)C1=C(C)N=c2s/c(=C\c3cccc(OCc4cccc5ccccc45)c3)c(=O)n2C1c1ccccc1Cl. The number of carbonyl (C=O) groups is 1. The van der Waals surface area contributed by atoms with E-state index in [0.29, 0.717) is 43.5 Å². The Bertz CT molecular complexity index is 2040. The highest BCUT2D eigenvalue weighted by Gasteiger charge is 2.34. The number of thiazole rings is 1. The van der Waals surface area contributed by atoms with Gasteiger partial charge >= 0.3 is 5.97 Å². The Morgan fingerprint density at radius 1 is 1.02 bits per heavy atom. The number of halogens is 1. The summed E-state index contributed by atoms with van der Waals surface area (Å²) in [5, 5.41) is 2.77. The van der Waals surface area contributed by atoms with Gasteiger partial charge in [-0.25, -0.2) is 9.79 Å². The lowest BCUT2D eigenvalue weighted by atomic mass is 9.96. The summed E-state index contributed by atoms with van der Waals surface area (Å²) >= 11 is 7.86. The Morgan fingerprint density at radius 3 is 2.62 bits per heavy atom. The average Bonchev–Trinajstić information content (AvgIpc) is 3.29. The Morgan fingerprint density at radius 2 is 1.79 bits per heavy atom. The average molecular weight is 595 g/mol. The first-order valence-electron chi connectivity index (χ1n) is 13.6. The van der Waals surface area contributed by atoms with Gasteiger partial charge in [0.15, 0.2) is 4.80 Å². The largest absolute Gasteiger partial charge is 0.489 e. The molecule has 0 saturated heterocycles. The van der Waals surface area contributed by atoms with Crippen molar-refractivity contribution in [2.24, 2.45) is 4.99 Å². The van der Waals surface area contributed by atoms with Crippen LogP contribution in [0.5, 0.6) is 5.75 Å². The summed E-state index contributed by atoms with van der Waals surface area (Å²) < 4.78 is 13.5. The summed E-state index contributed by atoms with van der Waals surface area (Å²) in [6.07, 6.45) is 1.82. The first-order chi connectivity index (χ1) is 20.4. The van der Waals surface area contributed by atoms with Gasteiger partial charge in [0.05, 0.1) is 22.4 Å². The topological polar surface area (TPSA) is 69.9 Å². The number of aromatic nitrogens is 1. The predicted molar refractivity (Wildman–Crippen MR) is 167 cm³/mol. The molecule has 1 unspecified atom stereocenters. The molecule has 0 radical (unpaired) electrons. The first-order valence-corrected chi connectivity index (χ1v) is 14.8. The highest BCUT2D eigenvalue weighted by molar-refractivity contribution is 7.07. The van der Waals surface area contributed by atoms with Gasteiger partial charge < -0.3 is 9.47 Å². The van der Waals surface area contributed by atoms with Crippen molar-refractivity contribution < 1.29 is 14.3 Å². The normalized spacial score (nSPS) is 14.9. The maximum absolute atomic E-state index is 13.9. The van der Waals surface area contributed by atoms with E-state index >= 15 is 0 Å². The van der Waals surface area contributed by atoms with Crippen molar-refractivity contribution in [2.45, 2.75) is 26.5 Å². The van der Waals surface area contributed by atoms with Gasteiger partial charge in [-0.15, -0.1) is 0 Å². The van der Waals surface area contributed by atoms with Gasteiger partial charge in [0.1, 0.15) is 18.4 Å². The molecule has 6 nitrogen and oxygen atoms in total. The van der Waals surface area contributed by atoms with E-state index in [2.05, 4.69) is 29.3 Å². The number of hydrogen-bond donors (Lipinski definition) is 0. The maximum atomic E-state index is 13.9. The monoisotopic (exact) mass is 594 g/mol. The molecule has 2 heterocycles. The molecule has 0 bridgehead atoms. The van der Waals surface area contributed by atoms with Gasteiger partial charge in [-0.2, -0.15) is 0 Å². The van der Waals surface area contributed by atoms with Gasteiger partial charge in [-0.3, -0.25) is 9.36 Å². The number of hydrogen-bond acceptors (Lipinski definition) is 6. The standard InChI is InChI=1S/C34H27ClN2O4S/c1-3-40-33(39)30-21(2)36-34-37(31(30)27-16-6-7-17-28(27)35)32(38)29(42-34)19-22-10-8-14-25(18-22)41-20-24-13-9-12-23-11-4-5-15-26(23)24/h4-19,31H,3,20H2,1-2H3/b29-19-. The number of esters is 1. The minimum atomic E-state index is -0.758. The van der Waals surface area contributed by atoms with Crippen molar-refractivity contribution in [3.05, 3.63) is 144 Å². The highest BCUT2D eigenvalue weighted by atomic mass is 35.5. The Hall–Kier alpha value is -4.46. The summed E-state index contributed by atoms with van der Waals surface area (Å²) in [5.41, 5.74) is 3.07. The third-order valence-electron chi connectivity index (χ3n) is 7.15. The maximum Gasteiger partial charge on any atom is 0.338 e. The molecule has 0 spiro atoms. The number of allylic oxidation sites excluding steroid dienone is 1. The first kappa shape index (κ1) is 27.7. The van der Waals surface area contributed by atoms with E-state index in [1.54, 1.807) is 19.9 Å². The second-order valence-electron chi connectivity index (χ2n) is 9.82. The van der Waals surface area contributed by atoms with E-state index in [1.165, 1.54) is 21.3 Å². The molecule has 0 amide bonds. The van der Waals surface area contributed by atoms with E-state index in [-0.39, 0.29) is 12.2 Å². The van der Waals surface area contributed by atoms with Crippen LogP contribution in [0, 0.1) is 0 Å². The van der Waals surface area contributed by atoms with Crippen LogP contribution in [0.3, 0.4) is 0 Å². The van der Waals surface area contributed by atoms with Gasteiger partial charge in [0, 0.05) is 5.02 Å². The fourth-order valence-corrected chi connectivity index (χ4v) is 6.49. The van der Waals surface area contributed by atoms with Crippen molar-refractivity contribution in [3.63, 3.8) is 0 Å². The highest BCUT2D eigenvalue weighted by Crippen LogP contribution is 2.34. The molecular weight excluding hydrogens is 568 g/mol. The van der Waals surface area contributed by atoms with Crippen molar-refractivity contribution in [1.29, 1.82) is 0 Å². The molecule has 6 rings (SSSR count). The van der Waals surface area contributed by atoms with E-state index in [1.807, 2.05) is 66.7 Å². The van der Waals surface area contributed by atoms with Gasteiger partial charge in [-0.1, -0.05) is 95.7 Å². The third-order valence-corrected chi connectivity index (χ3v) is 8.47. The summed E-state index contributed by atoms with van der Waals surface area (Å²) in [6, 6.07) is 28.5. The molecule has 210 valence electrons. The molecule has 0 saturated carbocycles. The smallest absolute Gasteiger partial charge is 0.338 e. The number of nitrogens with zero attached hydrogens (tertiary/aromatic N) is 2. The van der Waals surface area contributed by atoms with Crippen molar-refractivity contribution in [2.75, 3.05) is 6.61 Å². The lowest BCUT2D eigenvalue weighted by Crippen LogP contribution is -2.40. The van der Waals surface area contributed by atoms with Gasteiger partial charge in [0.25, 0.3) is 5.56 Å². The van der Waals surface area contributed by atoms with E-state index in [9.17, 15) is 9.59 Å². The van der Waals surface area contributed by atoms with Crippen LogP contribution in [0.2, 0.25) is 5.02 Å². The summed E-state index contributed by atoms with van der Waals surface area (Å²) in [4.78, 5) is 32.1. The van der Waals surface area contributed by atoms with E-state index < -0.39 is 12.0 Å². The van der Waals surface area contributed by atoms with Crippen molar-refractivity contribution in [3.8, 4) is 5.75 Å². The van der Waals surface area contributed by atoms with Crippen molar-refractivity contribution in [1.82, 2.24) is 4.57 Å². The molecule has 0 aliphatic carbocycles. The lowest BCUT2D eigenvalue weighted by Gasteiger charge is -2.25. The van der Waals surface area contributed by atoms with Crippen LogP contribution < -0.4 is 19.6 Å². The van der Waals surface area contributed by atoms with E-state index in [4.69, 9.17) is 21.1 Å². The zero-order valence-electron chi connectivity index (χ0n) is 23.0. The number of benzene rings is 4. The van der Waals surface area contributed by atoms with E-state index in [0.717, 1.165) is 16.5 Å². The zero-order valence-corrected chi connectivity index (χ0v) is 24.6. The third kappa shape index (κ3) is 5.29. The molecule has 1 aromatic heterocycles. The van der Waals surface area contributed by atoms with Crippen LogP contribution in [-0.4, -0.2) is 17.1 Å². The summed E-state index contributed by atoms with van der Waals surface area (Å²) in [7, 11) is 0. The molecule has 4 aromatic carbocycles. The molecule has 0 fully saturated rings. The molecule has 1 atom stereocenters. The van der Waals surface area contributed by atoms with Crippen LogP contribution >= 0.6 is 22.9 Å². The van der Waals surface area contributed by atoms with Crippen LogP contribution in [0.15, 0.2) is 112 Å². The number of ether oxygens (including phenoxy) is 2. The predicted octanol–water partition coefficient (Wildman–Crippen LogP) is 6.18. The second kappa shape index (κ2) is 11.8. The fraction of sp³-hybridized carbons (Fsp3) is 0.147. The quantitative estimate of drug-likeness (QED) is 0.211. The zero-order chi connectivity index (χ0) is 29.2. The van der Waals surface area contributed by atoms with Crippen LogP contribution in [-0.2, 0) is 16.1 Å². The van der Waals surface area contributed by atoms with Crippen LogP contribution in [0.25, 0.3) is 16.8 Å². The number of fused-ring (bicyclic) bond motifs is 2. The van der Waals surface area contributed by atoms with Crippen molar-refractivity contribution >= 4 is 45.8 Å². The van der Waals surface area contributed by atoms with Gasteiger partial charge in [-0.05, 0) is 65.6 Å². The van der Waals surface area contributed by atoms with Crippen LogP contribution in [0.4, 0.5) is 0 Å². The molecule has 8 heteroatoms. The fourth-order valence-electron chi connectivity index (χ4n) is 5.21. The Kier molecular flexibility index (Phi) is 7.78. The molecule has 1 aliphatic rings. The molecule has 42 heavy (non-hydrogen) atoms.